The second kappa shape index (κ2) is 3.83. The van der Waals surface area contributed by atoms with E-state index in [1.165, 1.54) is 51.4 Å². The van der Waals surface area contributed by atoms with Crippen LogP contribution in [-0.4, -0.2) is 6.10 Å². The van der Waals surface area contributed by atoms with Gasteiger partial charge in [0.05, 0.1) is 11.7 Å². The molecule has 0 radical (unpaired) electrons. The molecule has 2 aliphatic carbocycles. The zero-order valence-corrected chi connectivity index (χ0v) is 11.1. The zero-order chi connectivity index (χ0) is 11.3. The minimum Gasteiger partial charge on any atom is -0.366 e. The normalized spacial score (nSPS) is 34.6. The number of ether oxygens (including phenoxy) is 1. The minimum absolute atomic E-state index is 0.133. The van der Waals surface area contributed by atoms with E-state index in [9.17, 15) is 0 Å². The molecule has 4 rings (SSSR count). The molecule has 1 aromatic rings. The molecule has 17 heavy (non-hydrogen) atoms. The molecule has 3 aliphatic rings. The Kier molecular flexibility index (Phi) is 2.38. The van der Waals surface area contributed by atoms with Crippen LogP contribution in [0, 0.1) is 0 Å². The standard InChI is InChI=1S/C15H20OS/c1-2-6-13-11(5-1)14-12(7-10-17-14)15(16-13)8-3-4-9-15/h7,10-11,13H,1-6,8-9H2. The molecule has 1 spiro atoms. The summed E-state index contributed by atoms with van der Waals surface area (Å²) >= 11 is 1.99. The van der Waals surface area contributed by atoms with Gasteiger partial charge < -0.3 is 4.74 Å². The van der Waals surface area contributed by atoms with Crippen molar-refractivity contribution < 1.29 is 4.74 Å². The van der Waals surface area contributed by atoms with Crippen LogP contribution in [0.2, 0.25) is 0 Å². The van der Waals surface area contributed by atoms with E-state index in [2.05, 4.69) is 11.4 Å². The predicted octanol–water partition coefficient (Wildman–Crippen LogP) is 4.57. The highest BCUT2D eigenvalue weighted by atomic mass is 32.1. The van der Waals surface area contributed by atoms with Crippen LogP contribution in [-0.2, 0) is 10.3 Å². The predicted molar refractivity (Wildman–Crippen MR) is 70.5 cm³/mol. The Balaban J connectivity index is 1.80. The van der Waals surface area contributed by atoms with Gasteiger partial charge in [0.15, 0.2) is 0 Å². The number of hydrogen-bond donors (Lipinski definition) is 0. The highest BCUT2D eigenvalue weighted by molar-refractivity contribution is 7.10. The van der Waals surface area contributed by atoms with Crippen LogP contribution in [0.15, 0.2) is 11.4 Å². The van der Waals surface area contributed by atoms with E-state index >= 15 is 0 Å². The van der Waals surface area contributed by atoms with Gasteiger partial charge in [0.25, 0.3) is 0 Å². The van der Waals surface area contributed by atoms with E-state index in [0.29, 0.717) is 6.10 Å². The van der Waals surface area contributed by atoms with E-state index < -0.39 is 0 Å². The molecule has 0 bridgehead atoms. The van der Waals surface area contributed by atoms with Gasteiger partial charge in [-0.1, -0.05) is 25.7 Å². The van der Waals surface area contributed by atoms with Crippen molar-refractivity contribution in [3.8, 4) is 0 Å². The Hall–Kier alpha value is -0.340. The average molecular weight is 248 g/mol. The summed E-state index contributed by atoms with van der Waals surface area (Å²) < 4.78 is 6.63. The average Bonchev–Trinajstić information content (AvgIpc) is 2.99. The summed E-state index contributed by atoms with van der Waals surface area (Å²) in [5.74, 6) is 0.727. The zero-order valence-electron chi connectivity index (χ0n) is 10.3. The van der Waals surface area contributed by atoms with Gasteiger partial charge in [-0.05, 0) is 42.7 Å². The highest BCUT2D eigenvalue weighted by Crippen LogP contribution is 2.54. The molecule has 92 valence electrons. The summed E-state index contributed by atoms with van der Waals surface area (Å²) in [6, 6.07) is 2.36. The quantitative estimate of drug-likeness (QED) is 0.653. The molecular formula is C15H20OS. The lowest BCUT2D eigenvalue weighted by atomic mass is 9.77. The summed E-state index contributed by atoms with van der Waals surface area (Å²) in [4.78, 5) is 1.68. The van der Waals surface area contributed by atoms with Crippen molar-refractivity contribution in [2.24, 2.45) is 0 Å². The molecule has 0 saturated heterocycles. The van der Waals surface area contributed by atoms with Crippen LogP contribution in [0.5, 0.6) is 0 Å². The summed E-state index contributed by atoms with van der Waals surface area (Å²) in [7, 11) is 0. The summed E-state index contributed by atoms with van der Waals surface area (Å²) in [6.45, 7) is 0. The molecule has 2 unspecified atom stereocenters. The molecule has 2 saturated carbocycles. The molecule has 2 heteroatoms. The minimum atomic E-state index is 0.133. The van der Waals surface area contributed by atoms with Crippen molar-refractivity contribution in [2.75, 3.05) is 0 Å². The van der Waals surface area contributed by atoms with Crippen LogP contribution in [0.1, 0.15) is 67.7 Å². The fourth-order valence-corrected chi connectivity index (χ4v) is 5.39. The second-order valence-corrected chi connectivity index (χ2v) is 6.89. The number of thiophene rings is 1. The fraction of sp³-hybridized carbons (Fsp3) is 0.733. The van der Waals surface area contributed by atoms with Crippen molar-refractivity contribution in [1.29, 1.82) is 0 Å². The summed E-state index contributed by atoms with van der Waals surface area (Å²) in [5.41, 5.74) is 1.71. The molecule has 2 fully saturated rings. The first-order chi connectivity index (χ1) is 8.39. The van der Waals surface area contributed by atoms with E-state index in [1.54, 1.807) is 10.4 Å². The van der Waals surface area contributed by atoms with Gasteiger partial charge >= 0.3 is 0 Å². The third kappa shape index (κ3) is 1.47. The maximum atomic E-state index is 6.63. The molecule has 2 heterocycles. The van der Waals surface area contributed by atoms with Gasteiger partial charge in [0, 0.05) is 10.8 Å². The Morgan fingerprint density at radius 2 is 1.94 bits per heavy atom. The third-order valence-electron chi connectivity index (χ3n) is 5.01. The van der Waals surface area contributed by atoms with Crippen LogP contribution in [0.3, 0.4) is 0 Å². The fourth-order valence-electron chi connectivity index (χ4n) is 4.21. The molecule has 0 amide bonds. The molecule has 0 aromatic carbocycles. The van der Waals surface area contributed by atoms with Crippen molar-refractivity contribution in [3.63, 3.8) is 0 Å². The van der Waals surface area contributed by atoms with Crippen LogP contribution in [0.4, 0.5) is 0 Å². The lowest BCUT2D eigenvalue weighted by molar-refractivity contribution is -0.128. The van der Waals surface area contributed by atoms with Gasteiger partial charge in [-0.2, -0.15) is 0 Å². The topological polar surface area (TPSA) is 9.23 Å². The van der Waals surface area contributed by atoms with E-state index in [4.69, 9.17) is 4.74 Å². The van der Waals surface area contributed by atoms with E-state index in [-0.39, 0.29) is 5.60 Å². The number of rotatable bonds is 0. The molecule has 2 atom stereocenters. The number of fused-ring (bicyclic) bond motifs is 4. The molecule has 0 N–H and O–H groups in total. The van der Waals surface area contributed by atoms with Crippen LogP contribution >= 0.6 is 11.3 Å². The lowest BCUT2D eigenvalue weighted by Crippen LogP contribution is -2.41. The molecule has 1 aromatic heterocycles. The maximum absolute atomic E-state index is 6.63. The Bertz CT molecular complexity index is 416. The highest BCUT2D eigenvalue weighted by Gasteiger charge is 2.48. The van der Waals surface area contributed by atoms with Crippen molar-refractivity contribution in [1.82, 2.24) is 0 Å². The Morgan fingerprint density at radius 1 is 1.12 bits per heavy atom. The van der Waals surface area contributed by atoms with Gasteiger partial charge in [-0.15, -0.1) is 11.3 Å². The van der Waals surface area contributed by atoms with Crippen molar-refractivity contribution >= 4 is 11.3 Å². The van der Waals surface area contributed by atoms with Crippen molar-refractivity contribution in [2.45, 2.75) is 69.0 Å². The van der Waals surface area contributed by atoms with Gasteiger partial charge in [-0.25, -0.2) is 0 Å². The van der Waals surface area contributed by atoms with Gasteiger partial charge in [0.2, 0.25) is 0 Å². The van der Waals surface area contributed by atoms with Gasteiger partial charge in [-0.3, -0.25) is 0 Å². The first-order valence-electron chi connectivity index (χ1n) is 7.15. The monoisotopic (exact) mass is 248 g/mol. The Morgan fingerprint density at radius 3 is 2.82 bits per heavy atom. The summed E-state index contributed by atoms with van der Waals surface area (Å²) in [5, 5.41) is 2.30. The molecular weight excluding hydrogens is 228 g/mol. The lowest BCUT2D eigenvalue weighted by Gasteiger charge is -2.45. The van der Waals surface area contributed by atoms with Crippen molar-refractivity contribution in [3.05, 3.63) is 21.9 Å². The summed E-state index contributed by atoms with van der Waals surface area (Å²) in [6.07, 6.45) is 11.2. The first kappa shape index (κ1) is 10.6. The second-order valence-electron chi connectivity index (χ2n) is 5.95. The van der Waals surface area contributed by atoms with Crippen LogP contribution in [0.25, 0.3) is 0 Å². The van der Waals surface area contributed by atoms with Crippen LogP contribution < -0.4 is 0 Å². The van der Waals surface area contributed by atoms with E-state index in [0.717, 1.165) is 5.92 Å². The first-order valence-corrected chi connectivity index (χ1v) is 8.03. The SMILES string of the molecule is c1cc2c(s1)C1CCCCC1OC21CCCC1. The number of hydrogen-bond acceptors (Lipinski definition) is 2. The molecule has 1 nitrogen and oxygen atoms in total. The molecule has 1 aliphatic heterocycles. The third-order valence-corrected chi connectivity index (χ3v) is 6.06. The smallest absolute Gasteiger partial charge is 0.0946 e. The largest absolute Gasteiger partial charge is 0.366 e. The van der Waals surface area contributed by atoms with Gasteiger partial charge in [0.1, 0.15) is 0 Å². The maximum Gasteiger partial charge on any atom is 0.0946 e. The van der Waals surface area contributed by atoms with E-state index in [1.807, 2.05) is 11.3 Å². The Labute approximate surface area is 107 Å².